The smallest absolute Gasteiger partial charge is 0.225 e. The number of nitrogens with zero attached hydrogens (tertiary/aromatic N) is 3. The van der Waals surface area contributed by atoms with Gasteiger partial charge in [0, 0.05) is 44.2 Å². The van der Waals surface area contributed by atoms with Crippen molar-refractivity contribution in [1.29, 1.82) is 0 Å². The Hall–Kier alpha value is -3.00. The van der Waals surface area contributed by atoms with Crippen molar-refractivity contribution >= 4 is 17.3 Å². The van der Waals surface area contributed by atoms with Crippen molar-refractivity contribution in [3.63, 3.8) is 0 Å². The van der Waals surface area contributed by atoms with Crippen LogP contribution < -0.4 is 19.1 Å². The summed E-state index contributed by atoms with van der Waals surface area (Å²) in [6, 6.07) is 9.76. The molecule has 32 heavy (non-hydrogen) atoms. The highest BCUT2D eigenvalue weighted by Crippen LogP contribution is 2.39. The monoisotopic (exact) mass is 439 g/mol. The van der Waals surface area contributed by atoms with Gasteiger partial charge in [0.1, 0.15) is 24.2 Å². The van der Waals surface area contributed by atoms with E-state index in [0.717, 1.165) is 55.2 Å². The molecule has 8 nitrogen and oxygen atoms in total. The number of carbonyl (C=O) groups excluding carboxylic acids is 1. The number of likely N-dealkylation sites (tertiary alicyclic amines) is 1. The van der Waals surface area contributed by atoms with Gasteiger partial charge in [-0.3, -0.25) is 4.79 Å². The number of aromatic nitrogens is 1. The Labute approximate surface area is 188 Å². The first-order valence-corrected chi connectivity index (χ1v) is 11.3. The highest BCUT2D eigenvalue weighted by Gasteiger charge is 2.33. The Morgan fingerprint density at radius 3 is 2.75 bits per heavy atom. The summed E-state index contributed by atoms with van der Waals surface area (Å²) in [6.45, 7) is 4.07. The highest BCUT2D eigenvalue weighted by molar-refractivity contribution is 5.79. The Bertz CT molecular complexity index is 945. The molecule has 170 valence electrons. The number of hydrogen-bond donors (Lipinski definition) is 0. The molecule has 0 aliphatic carbocycles. The van der Waals surface area contributed by atoms with E-state index in [-0.39, 0.29) is 17.9 Å². The summed E-state index contributed by atoms with van der Waals surface area (Å²) in [5.74, 6) is 2.53. The number of anilines is 2. The Kier molecular flexibility index (Phi) is 6.03. The van der Waals surface area contributed by atoms with Crippen LogP contribution in [0.3, 0.4) is 0 Å². The predicted octanol–water partition coefficient (Wildman–Crippen LogP) is 3.03. The average Bonchev–Trinajstić information content (AvgIpc) is 3.32. The van der Waals surface area contributed by atoms with E-state index in [1.54, 1.807) is 13.3 Å². The van der Waals surface area contributed by atoms with Gasteiger partial charge in [0.25, 0.3) is 0 Å². The number of methoxy groups -OCH3 is 1. The van der Waals surface area contributed by atoms with Gasteiger partial charge in [-0.2, -0.15) is 0 Å². The third-order valence-corrected chi connectivity index (χ3v) is 6.37. The molecule has 3 aliphatic rings. The molecule has 0 radical (unpaired) electrons. The largest absolute Gasteiger partial charge is 0.490 e. The lowest BCUT2D eigenvalue weighted by Gasteiger charge is -2.31. The van der Waals surface area contributed by atoms with Crippen LogP contribution in [0.5, 0.6) is 17.4 Å². The number of amides is 1. The number of ether oxygens (including phenoxy) is 4. The van der Waals surface area contributed by atoms with Gasteiger partial charge in [0.15, 0.2) is 0 Å². The van der Waals surface area contributed by atoms with Crippen LogP contribution in [-0.4, -0.2) is 68.5 Å². The molecule has 0 unspecified atom stereocenters. The van der Waals surface area contributed by atoms with Gasteiger partial charge in [0.05, 0.1) is 37.8 Å². The van der Waals surface area contributed by atoms with Gasteiger partial charge >= 0.3 is 0 Å². The van der Waals surface area contributed by atoms with Crippen LogP contribution in [0, 0.1) is 5.92 Å². The lowest BCUT2D eigenvalue weighted by atomic mass is 9.99. The second kappa shape index (κ2) is 9.24. The molecule has 0 N–H and O–H groups in total. The maximum Gasteiger partial charge on any atom is 0.225 e. The van der Waals surface area contributed by atoms with Gasteiger partial charge < -0.3 is 28.7 Å². The van der Waals surface area contributed by atoms with Crippen molar-refractivity contribution in [3.8, 4) is 17.4 Å². The summed E-state index contributed by atoms with van der Waals surface area (Å²) >= 11 is 0. The van der Waals surface area contributed by atoms with Crippen LogP contribution in [-0.2, 0) is 9.53 Å². The van der Waals surface area contributed by atoms with E-state index in [2.05, 4.69) is 9.88 Å². The number of rotatable bonds is 5. The summed E-state index contributed by atoms with van der Waals surface area (Å²) in [4.78, 5) is 21.3. The van der Waals surface area contributed by atoms with Crippen LogP contribution in [0.15, 0.2) is 36.5 Å². The van der Waals surface area contributed by atoms with E-state index in [1.807, 2.05) is 35.2 Å². The Morgan fingerprint density at radius 1 is 1.09 bits per heavy atom. The normalized spacial score (nSPS) is 21.1. The average molecular weight is 440 g/mol. The SMILES string of the molecule is COc1ccc(N2CCOc3ccc(O[C@H]4CCN(C(=O)C5CCOCC5)C4)cc32)cn1. The summed E-state index contributed by atoms with van der Waals surface area (Å²) in [5, 5.41) is 0. The lowest BCUT2D eigenvalue weighted by molar-refractivity contribution is -0.137. The molecule has 8 heteroatoms. The van der Waals surface area contributed by atoms with Gasteiger partial charge in [-0.1, -0.05) is 0 Å². The summed E-state index contributed by atoms with van der Waals surface area (Å²) in [5.41, 5.74) is 1.93. The van der Waals surface area contributed by atoms with Crippen LogP contribution in [0.25, 0.3) is 0 Å². The van der Waals surface area contributed by atoms with Crippen molar-refractivity contribution in [1.82, 2.24) is 9.88 Å². The number of benzene rings is 1. The molecule has 3 aliphatic heterocycles. The fourth-order valence-corrected chi connectivity index (χ4v) is 4.61. The van der Waals surface area contributed by atoms with E-state index in [1.165, 1.54) is 0 Å². The summed E-state index contributed by atoms with van der Waals surface area (Å²) in [6.07, 6.45) is 4.29. The topological polar surface area (TPSA) is 73.4 Å². The van der Waals surface area contributed by atoms with Crippen molar-refractivity contribution in [2.45, 2.75) is 25.4 Å². The fraction of sp³-hybridized carbons (Fsp3) is 0.500. The number of hydrogen-bond acceptors (Lipinski definition) is 7. The molecule has 2 saturated heterocycles. The third kappa shape index (κ3) is 4.32. The molecule has 0 bridgehead atoms. The zero-order valence-electron chi connectivity index (χ0n) is 18.4. The first-order valence-electron chi connectivity index (χ1n) is 11.3. The minimum absolute atomic E-state index is 0.00236. The highest BCUT2D eigenvalue weighted by atomic mass is 16.5. The minimum atomic E-state index is -0.00236. The minimum Gasteiger partial charge on any atom is -0.490 e. The quantitative estimate of drug-likeness (QED) is 0.709. The summed E-state index contributed by atoms with van der Waals surface area (Å²) < 4.78 is 22.7. The third-order valence-electron chi connectivity index (χ3n) is 6.37. The van der Waals surface area contributed by atoms with Crippen molar-refractivity contribution in [2.75, 3.05) is 51.5 Å². The van der Waals surface area contributed by atoms with Gasteiger partial charge in [-0.25, -0.2) is 4.98 Å². The number of fused-ring (bicyclic) bond motifs is 1. The standard InChI is InChI=1S/C24H29N3O5/c1-29-23-5-2-18(15-25-23)27-10-13-31-22-4-3-19(14-21(22)27)32-20-6-9-26(16-20)24(28)17-7-11-30-12-8-17/h2-5,14-15,17,20H,6-13,16H2,1H3/t20-/m0/s1. The molecule has 1 aromatic carbocycles. The molecule has 0 saturated carbocycles. The van der Waals surface area contributed by atoms with Crippen LogP contribution in [0.1, 0.15) is 19.3 Å². The second-order valence-corrected chi connectivity index (χ2v) is 8.39. The molecule has 5 rings (SSSR count). The van der Waals surface area contributed by atoms with Gasteiger partial charge in [-0.15, -0.1) is 0 Å². The van der Waals surface area contributed by atoms with Crippen molar-refractivity contribution in [2.24, 2.45) is 5.92 Å². The van der Waals surface area contributed by atoms with Gasteiger partial charge in [-0.05, 0) is 31.0 Å². The van der Waals surface area contributed by atoms with Crippen molar-refractivity contribution < 1.29 is 23.7 Å². The van der Waals surface area contributed by atoms with Crippen LogP contribution in [0.4, 0.5) is 11.4 Å². The lowest BCUT2D eigenvalue weighted by Crippen LogP contribution is -2.38. The molecule has 4 heterocycles. The second-order valence-electron chi connectivity index (χ2n) is 8.39. The van der Waals surface area contributed by atoms with E-state index in [9.17, 15) is 4.79 Å². The van der Waals surface area contributed by atoms with E-state index in [4.69, 9.17) is 18.9 Å². The summed E-state index contributed by atoms with van der Waals surface area (Å²) in [7, 11) is 1.61. The molecule has 1 amide bonds. The fourth-order valence-electron chi connectivity index (χ4n) is 4.61. The molecule has 1 aromatic heterocycles. The first kappa shape index (κ1) is 20.9. The Morgan fingerprint density at radius 2 is 1.97 bits per heavy atom. The van der Waals surface area contributed by atoms with Crippen molar-refractivity contribution in [3.05, 3.63) is 36.5 Å². The Balaban J connectivity index is 1.27. The number of pyridine rings is 1. The van der Waals surface area contributed by atoms with Gasteiger partial charge in [0.2, 0.25) is 11.8 Å². The molecule has 1 atom stereocenters. The zero-order chi connectivity index (χ0) is 21.9. The molecule has 0 spiro atoms. The van der Waals surface area contributed by atoms with E-state index < -0.39 is 0 Å². The predicted molar refractivity (Wildman–Crippen MR) is 119 cm³/mol. The molecular formula is C24H29N3O5. The van der Waals surface area contributed by atoms with E-state index >= 15 is 0 Å². The zero-order valence-corrected chi connectivity index (χ0v) is 18.4. The molecule has 2 fully saturated rings. The van der Waals surface area contributed by atoms with Crippen LogP contribution in [0.2, 0.25) is 0 Å². The maximum absolute atomic E-state index is 12.8. The maximum atomic E-state index is 12.8. The first-order chi connectivity index (χ1) is 15.7. The molecular weight excluding hydrogens is 410 g/mol. The van der Waals surface area contributed by atoms with E-state index in [0.29, 0.717) is 32.2 Å². The number of carbonyl (C=O) groups is 1. The molecule has 2 aromatic rings. The van der Waals surface area contributed by atoms with Crippen LogP contribution >= 0.6 is 0 Å².